The second kappa shape index (κ2) is 4.93. The first-order valence-electron chi connectivity index (χ1n) is 6.57. The third kappa shape index (κ3) is 2.76. The summed E-state index contributed by atoms with van der Waals surface area (Å²) in [5.74, 6) is 1.50. The first-order chi connectivity index (χ1) is 9.14. The van der Waals surface area contributed by atoms with Gasteiger partial charge in [-0.25, -0.2) is 4.98 Å². The fourth-order valence-electron chi connectivity index (χ4n) is 1.62. The van der Waals surface area contributed by atoms with Gasteiger partial charge in [-0.3, -0.25) is 0 Å². The second-order valence-electron chi connectivity index (χ2n) is 6.39. The first kappa shape index (κ1) is 15.1. The zero-order valence-corrected chi connectivity index (χ0v) is 14.7. The van der Waals surface area contributed by atoms with E-state index >= 15 is 0 Å². The number of anilines is 1. The highest BCUT2D eigenvalue weighted by Crippen LogP contribution is 2.42. The Morgan fingerprint density at radius 1 is 1.20 bits per heavy atom. The van der Waals surface area contributed by atoms with Gasteiger partial charge in [0.15, 0.2) is 10.9 Å². The van der Waals surface area contributed by atoms with Gasteiger partial charge in [-0.1, -0.05) is 32.1 Å². The van der Waals surface area contributed by atoms with Gasteiger partial charge in [0.1, 0.15) is 5.75 Å². The third-order valence-electron chi connectivity index (χ3n) is 3.86. The molecule has 0 aliphatic rings. The van der Waals surface area contributed by atoms with Crippen LogP contribution in [0.2, 0.25) is 18.1 Å². The lowest BCUT2D eigenvalue weighted by atomic mass is 10.2. The molecule has 0 aliphatic carbocycles. The number of thiazole rings is 1. The Morgan fingerprint density at radius 3 is 2.40 bits per heavy atom. The summed E-state index contributed by atoms with van der Waals surface area (Å²) in [4.78, 5) is 4.32. The summed E-state index contributed by atoms with van der Waals surface area (Å²) in [5.41, 5.74) is 6.63. The van der Waals surface area contributed by atoms with Crippen molar-refractivity contribution in [1.29, 1.82) is 0 Å². The van der Waals surface area contributed by atoms with Crippen LogP contribution in [-0.4, -0.2) is 20.4 Å². The fraction of sp³-hybridized carbons (Fsp3) is 0.500. The van der Waals surface area contributed by atoms with E-state index in [1.54, 1.807) is 7.11 Å². The van der Waals surface area contributed by atoms with E-state index < -0.39 is 8.32 Å². The molecule has 0 atom stereocenters. The lowest BCUT2D eigenvalue weighted by molar-refractivity contribution is 0.387. The summed E-state index contributed by atoms with van der Waals surface area (Å²) in [7, 11) is -0.253. The van der Waals surface area contributed by atoms with E-state index in [1.807, 2.05) is 12.1 Å². The summed E-state index contributed by atoms with van der Waals surface area (Å²) in [6.07, 6.45) is 0. The van der Waals surface area contributed by atoms with Crippen LogP contribution in [0.3, 0.4) is 0 Å². The number of aromatic nitrogens is 1. The summed E-state index contributed by atoms with van der Waals surface area (Å²) in [6, 6.07) is 3.88. The van der Waals surface area contributed by atoms with Crippen molar-refractivity contribution in [3.8, 4) is 11.5 Å². The van der Waals surface area contributed by atoms with E-state index in [2.05, 4.69) is 38.8 Å². The number of fused-ring (bicyclic) bond motifs is 1. The summed E-state index contributed by atoms with van der Waals surface area (Å²) < 4.78 is 12.8. The molecule has 2 aromatic rings. The molecule has 0 amide bonds. The highest BCUT2D eigenvalue weighted by molar-refractivity contribution is 7.22. The maximum atomic E-state index is 6.34. The maximum absolute atomic E-state index is 6.34. The molecule has 0 unspecified atom stereocenters. The van der Waals surface area contributed by atoms with Gasteiger partial charge in [0.05, 0.1) is 17.3 Å². The molecule has 2 N–H and O–H groups in total. The molecule has 1 aromatic carbocycles. The van der Waals surface area contributed by atoms with Gasteiger partial charge in [-0.05, 0) is 18.1 Å². The van der Waals surface area contributed by atoms with Crippen LogP contribution in [0.5, 0.6) is 11.5 Å². The number of hydrogen-bond donors (Lipinski definition) is 1. The van der Waals surface area contributed by atoms with Crippen LogP contribution in [0.15, 0.2) is 12.1 Å². The molecule has 0 bridgehead atoms. The number of hydrogen-bond acceptors (Lipinski definition) is 5. The number of nitrogens with two attached hydrogens (primary N) is 1. The van der Waals surface area contributed by atoms with E-state index in [-0.39, 0.29) is 5.04 Å². The van der Waals surface area contributed by atoms with Crippen LogP contribution in [-0.2, 0) is 0 Å². The quantitative estimate of drug-likeness (QED) is 0.860. The second-order valence-corrected chi connectivity index (χ2v) is 12.2. The Bertz CT molecular complexity index is 632. The van der Waals surface area contributed by atoms with Gasteiger partial charge in [0.25, 0.3) is 8.32 Å². The Morgan fingerprint density at radius 2 is 1.85 bits per heavy atom. The van der Waals surface area contributed by atoms with Crippen LogP contribution in [0, 0.1) is 0 Å². The van der Waals surface area contributed by atoms with Gasteiger partial charge in [0.2, 0.25) is 0 Å². The molecule has 0 saturated heterocycles. The van der Waals surface area contributed by atoms with E-state index in [0.29, 0.717) is 5.13 Å². The van der Waals surface area contributed by atoms with Crippen molar-refractivity contribution in [2.45, 2.75) is 38.9 Å². The van der Waals surface area contributed by atoms with Crippen molar-refractivity contribution >= 4 is 35.0 Å². The van der Waals surface area contributed by atoms with Crippen LogP contribution in [0.25, 0.3) is 10.2 Å². The average Bonchev–Trinajstić information content (AvgIpc) is 2.65. The third-order valence-corrected chi connectivity index (χ3v) is 9.05. The standard InChI is InChI=1S/C14H22N2O2SSi/c1-14(2,3)20(5,6)18-11-7-9-12(8-10(11)17-4)19-13(15)16-9/h7-8H,1-6H3,(H2,15,16). The van der Waals surface area contributed by atoms with Crippen molar-refractivity contribution < 1.29 is 9.16 Å². The Kier molecular flexibility index (Phi) is 3.73. The number of methoxy groups -OCH3 is 1. The van der Waals surface area contributed by atoms with Crippen LogP contribution >= 0.6 is 11.3 Å². The molecule has 1 heterocycles. The molecule has 0 aliphatic heterocycles. The summed E-state index contributed by atoms with van der Waals surface area (Å²) in [6.45, 7) is 11.1. The molecule has 0 saturated carbocycles. The van der Waals surface area contributed by atoms with Gasteiger partial charge < -0.3 is 14.9 Å². The fourth-order valence-corrected chi connectivity index (χ4v) is 3.38. The topological polar surface area (TPSA) is 57.4 Å². The first-order valence-corrected chi connectivity index (χ1v) is 10.3. The van der Waals surface area contributed by atoms with Gasteiger partial charge in [-0.2, -0.15) is 0 Å². The molecule has 0 radical (unpaired) electrons. The highest BCUT2D eigenvalue weighted by Gasteiger charge is 2.39. The normalized spacial score (nSPS) is 12.7. The minimum atomic E-state index is -1.91. The molecular weight excluding hydrogens is 288 g/mol. The number of benzene rings is 1. The lowest BCUT2D eigenvalue weighted by Crippen LogP contribution is -2.43. The van der Waals surface area contributed by atoms with Crippen molar-refractivity contribution in [3.63, 3.8) is 0 Å². The molecule has 1 aromatic heterocycles. The Balaban J connectivity index is 2.47. The molecule has 0 spiro atoms. The van der Waals surface area contributed by atoms with Gasteiger partial charge in [0, 0.05) is 12.1 Å². The Hall–Kier alpha value is -1.27. The van der Waals surface area contributed by atoms with E-state index in [4.69, 9.17) is 14.9 Å². The van der Waals surface area contributed by atoms with Crippen molar-refractivity contribution in [1.82, 2.24) is 4.98 Å². The zero-order chi connectivity index (χ0) is 15.1. The average molecular weight is 310 g/mol. The van der Waals surface area contributed by atoms with Crippen LogP contribution < -0.4 is 14.9 Å². The number of rotatable bonds is 3. The lowest BCUT2D eigenvalue weighted by Gasteiger charge is -2.36. The molecule has 110 valence electrons. The van der Waals surface area contributed by atoms with Crippen molar-refractivity contribution in [2.24, 2.45) is 0 Å². The molecule has 0 fully saturated rings. The minimum Gasteiger partial charge on any atom is -0.541 e. The van der Waals surface area contributed by atoms with Crippen molar-refractivity contribution in [2.75, 3.05) is 12.8 Å². The van der Waals surface area contributed by atoms with E-state index in [1.165, 1.54) is 11.3 Å². The monoisotopic (exact) mass is 310 g/mol. The van der Waals surface area contributed by atoms with E-state index in [9.17, 15) is 0 Å². The summed E-state index contributed by atoms with van der Waals surface area (Å²) >= 11 is 1.46. The molecule has 2 rings (SSSR count). The largest absolute Gasteiger partial charge is 0.541 e. The van der Waals surface area contributed by atoms with Crippen molar-refractivity contribution in [3.05, 3.63) is 12.1 Å². The predicted molar refractivity (Wildman–Crippen MR) is 88.4 cm³/mol. The maximum Gasteiger partial charge on any atom is 0.250 e. The number of ether oxygens (including phenoxy) is 1. The SMILES string of the molecule is COc1cc2sc(N)nc2cc1O[Si](C)(C)C(C)(C)C. The highest BCUT2D eigenvalue weighted by atomic mass is 32.1. The van der Waals surface area contributed by atoms with Gasteiger partial charge in [-0.15, -0.1) is 0 Å². The zero-order valence-electron chi connectivity index (χ0n) is 12.9. The van der Waals surface area contributed by atoms with Crippen LogP contribution in [0.4, 0.5) is 5.13 Å². The van der Waals surface area contributed by atoms with Gasteiger partial charge >= 0.3 is 0 Å². The van der Waals surface area contributed by atoms with Crippen LogP contribution in [0.1, 0.15) is 20.8 Å². The predicted octanol–water partition coefficient (Wildman–Crippen LogP) is 4.27. The number of nitrogen functional groups attached to an aromatic ring is 1. The minimum absolute atomic E-state index is 0.133. The van der Waals surface area contributed by atoms with E-state index in [0.717, 1.165) is 21.7 Å². The molecular formula is C14H22N2O2SSi. The smallest absolute Gasteiger partial charge is 0.250 e. The molecule has 4 nitrogen and oxygen atoms in total. The molecule has 6 heteroatoms. The summed E-state index contributed by atoms with van der Waals surface area (Å²) in [5, 5.41) is 0.695. The molecule has 20 heavy (non-hydrogen) atoms. The number of nitrogens with zero attached hydrogens (tertiary/aromatic N) is 1. The Labute approximate surface area is 125 Å².